The van der Waals surface area contributed by atoms with Gasteiger partial charge in [0.1, 0.15) is 11.6 Å². The quantitative estimate of drug-likeness (QED) is 0.790. The Kier molecular flexibility index (Phi) is 3.94. The van der Waals surface area contributed by atoms with Crippen LogP contribution < -0.4 is 0 Å². The van der Waals surface area contributed by atoms with Crippen LogP contribution in [-0.4, -0.2) is 0 Å². The minimum absolute atomic E-state index is 0.133. The van der Waals surface area contributed by atoms with Crippen molar-refractivity contribution in [1.29, 1.82) is 5.26 Å². The molecule has 0 heterocycles. The Morgan fingerprint density at radius 2 is 1.86 bits per heavy atom. The molecule has 1 atom stereocenters. The van der Waals surface area contributed by atoms with E-state index in [9.17, 15) is 8.78 Å². The van der Waals surface area contributed by atoms with E-state index in [1.807, 2.05) is 19.1 Å². The predicted octanol–water partition coefficient (Wildman–Crippen LogP) is 4.67. The fourth-order valence-corrected chi connectivity index (χ4v) is 3.30. The molecular formula is C19H17F2N. The predicted molar refractivity (Wildman–Crippen MR) is 81.7 cm³/mol. The number of rotatable bonds is 2. The van der Waals surface area contributed by atoms with Crippen molar-refractivity contribution < 1.29 is 8.78 Å². The summed E-state index contributed by atoms with van der Waals surface area (Å²) in [4.78, 5) is 0. The lowest BCUT2D eigenvalue weighted by Crippen LogP contribution is -2.16. The minimum Gasteiger partial charge on any atom is -0.207 e. The first-order valence-electron chi connectivity index (χ1n) is 7.62. The minimum atomic E-state index is -0.432. The molecule has 1 unspecified atom stereocenters. The van der Waals surface area contributed by atoms with Crippen molar-refractivity contribution in [3.63, 3.8) is 0 Å². The summed E-state index contributed by atoms with van der Waals surface area (Å²) in [5, 5.41) is 8.94. The van der Waals surface area contributed by atoms with Crippen LogP contribution in [0.5, 0.6) is 0 Å². The molecule has 0 fully saturated rings. The Morgan fingerprint density at radius 1 is 1.14 bits per heavy atom. The van der Waals surface area contributed by atoms with Crippen molar-refractivity contribution in [2.45, 2.75) is 38.5 Å². The highest BCUT2D eigenvalue weighted by Gasteiger charge is 2.25. The molecular weight excluding hydrogens is 280 g/mol. The number of hydrogen-bond acceptors (Lipinski definition) is 1. The first-order valence-corrected chi connectivity index (χ1v) is 7.62. The Balaban J connectivity index is 1.94. The number of nitrogens with zero attached hydrogens (tertiary/aromatic N) is 1. The van der Waals surface area contributed by atoms with Crippen molar-refractivity contribution in [3.8, 4) is 6.07 Å². The molecule has 0 N–H and O–H groups in total. The first kappa shape index (κ1) is 14.7. The second-order valence-electron chi connectivity index (χ2n) is 5.86. The fourth-order valence-electron chi connectivity index (χ4n) is 3.30. The van der Waals surface area contributed by atoms with E-state index < -0.39 is 11.6 Å². The van der Waals surface area contributed by atoms with Crippen LogP contribution in [0.3, 0.4) is 0 Å². The van der Waals surface area contributed by atoms with Crippen LogP contribution in [0.2, 0.25) is 0 Å². The van der Waals surface area contributed by atoms with Gasteiger partial charge in [0.2, 0.25) is 0 Å². The van der Waals surface area contributed by atoms with Crippen LogP contribution in [0.4, 0.5) is 8.78 Å². The van der Waals surface area contributed by atoms with Crippen molar-refractivity contribution in [2.75, 3.05) is 0 Å². The summed E-state index contributed by atoms with van der Waals surface area (Å²) in [5.41, 5.74) is 3.76. The van der Waals surface area contributed by atoms with Gasteiger partial charge in [0, 0.05) is 5.56 Å². The van der Waals surface area contributed by atoms with Gasteiger partial charge in [-0.15, -0.1) is 0 Å². The lowest BCUT2D eigenvalue weighted by Gasteiger charge is -2.26. The molecule has 3 heteroatoms. The number of nitriles is 1. The Labute approximate surface area is 129 Å². The van der Waals surface area contributed by atoms with E-state index in [1.54, 1.807) is 6.07 Å². The Morgan fingerprint density at radius 3 is 2.50 bits per heavy atom. The first-order chi connectivity index (χ1) is 10.6. The highest BCUT2D eigenvalue weighted by atomic mass is 19.1. The van der Waals surface area contributed by atoms with Crippen LogP contribution in [0.1, 0.15) is 47.1 Å². The summed E-state index contributed by atoms with van der Waals surface area (Å²) in [6.45, 7) is 1.89. The zero-order chi connectivity index (χ0) is 15.7. The summed E-state index contributed by atoms with van der Waals surface area (Å²) in [7, 11) is 0. The molecule has 2 aromatic carbocycles. The van der Waals surface area contributed by atoms with E-state index in [-0.39, 0.29) is 11.5 Å². The zero-order valence-corrected chi connectivity index (χ0v) is 12.5. The number of hydrogen-bond donors (Lipinski definition) is 0. The third-order valence-corrected chi connectivity index (χ3v) is 4.52. The molecule has 0 bridgehead atoms. The smallest absolute Gasteiger partial charge is 0.129 e. The molecule has 112 valence electrons. The average molecular weight is 297 g/mol. The van der Waals surface area contributed by atoms with Gasteiger partial charge in [-0.05, 0) is 72.6 Å². The van der Waals surface area contributed by atoms with Gasteiger partial charge in [0.15, 0.2) is 0 Å². The maximum absolute atomic E-state index is 14.3. The van der Waals surface area contributed by atoms with Crippen molar-refractivity contribution >= 4 is 0 Å². The summed E-state index contributed by atoms with van der Waals surface area (Å²) in [6, 6.07) is 10.6. The third kappa shape index (κ3) is 2.62. The van der Waals surface area contributed by atoms with Gasteiger partial charge in [0.05, 0.1) is 11.6 Å². The lowest BCUT2D eigenvalue weighted by molar-refractivity contribution is 0.490. The highest BCUT2D eigenvalue weighted by Crippen LogP contribution is 2.36. The van der Waals surface area contributed by atoms with E-state index in [1.165, 1.54) is 12.1 Å². The number of benzene rings is 2. The Bertz CT molecular complexity index is 736. The normalized spacial score (nSPS) is 16.9. The number of aryl methyl sites for hydroxylation is 2. The van der Waals surface area contributed by atoms with Crippen LogP contribution in [0.25, 0.3) is 0 Å². The third-order valence-electron chi connectivity index (χ3n) is 4.52. The maximum atomic E-state index is 14.3. The van der Waals surface area contributed by atoms with E-state index in [0.717, 1.165) is 17.5 Å². The summed E-state index contributed by atoms with van der Waals surface area (Å²) >= 11 is 0. The summed E-state index contributed by atoms with van der Waals surface area (Å²) < 4.78 is 28.6. The van der Waals surface area contributed by atoms with Crippen LogP contribution in [0.15, 0.2) is 30.3 Å². The molecule has 0 radical (unpaired) electrons. The number of halogens is 2. The summed E-state index contributed by atoms with van der Waals surface area (Å²) in [6.07, 6.45) is 2.71. The van der Waals surface area contributed by atoms with Gasteiger partial charge in [0.25, 0.3) is 0 Å². The number of fused-ring (bicyclic) bond motifs is 1. The standard InChI is InChI=1S/C19H17F2N/c1-2-12-8-17(20)19(18(21)9-12)16-6-5-14-7-13(11-22)3-4-15(14)10-16/h3-4,7-9,16H,2,5-6,10H2,1H3. The molecule has 1 aliphatic rings. The average Bonchev–Trinajstić information content (AvgIpc) is 2.53. The van der Waals surface area contributed by atoms with Gasteiger partial charge in [-0.3, -0.25) is 0 Å². The van der Waals surface area contributed by atoms with E-state index in [0.29, 0.717) is 30.4 Å². The van der Waals surface area contributed by atoms with Gasteiger partial charge >= 0.3 is 0 Å². The monoisotopic (exact) mass is 297 g/mol. The molecule has 0 saturated carbocycles. The van der Waals surface area contributed by atoms with Crippen LogP contribution >= 0.6 is 0 Å². The molecule has 3 rings (SSSR count). The molecule has 1 nitrogen and oxygen atoms in total. The topological polar surface area (TPSA) is 23.8 Å². The molecule has 0 spiro atoms. The maximum Gasteiger partial charge on any atom is 0.129 e. The van der Waals surface area contributed by atoms with Gasteiger partial charge < -0.3 is 0 Å². The molecule has 1 aliphatic carbocycles. The SMILES string of the molecule is CCc1cc(F)c(C2CCc3cc(C#N)ccc3C2)c(F)c1. The van der Waals surface area contributed by atoms with E-state index >= 15 is 0 Å². The van der Waals surface area contributed by atoms with Crippen LogP contribution in [0, 0.1) is 23.0 Å². The summed E-state index contributed by atoms with van der Waals surface area (Å²) in [5.74, 6) is -0.996. The second kappa shape index (κ2) is 5.88. The highest BCUT2D eigenvalue weighted by molar-refractivity contribution is 5.41. The lowest BCUT2D eigenvalue weighted by atomic mass is 9.79. The second-order valence-corrected chi connectivity index (χ2v) is 5.86. The molecule has 22 heavy (non-hydrogen) atoms. The van der Waals surface area contributed by atoms with E-state index in [4.69, 9.17) is 5.26 Å². The molecule has 0 amide bonds. The fraction of sp³-hybridized carbons (Fsp3) is 0.316. The van der Waals surface area contributed by atoms with E-state index in [2.05, 4.69) is 6.07 Å². The van der Waals surface area contributed by atoms with Gasteiger partial charge in [-0.1, -0.05) is 13.0 Å². The van der Waals surface area contributed by atoms with Crippen molar-refractivity contribution in [3.05, 3.63) is 69.8 Å². The molecule has 0 aromatic heterocycles. The molecule has 0 saturated heterocycles. The largest absolute Gasteiger partial charge is 0.207 e. The Hall–Kier alpha value is -2.21. The van der Waals surface area contributed by atoms with Crippen LogP contribution in [-0.2, 0) is 19.3 Å². The van der Waals surface area contributed by atoms with Crippen molar-refractivity contribution in [1.82, 2.24) is 0 Å². The van der Waals surface area contributed by atoms with Gasteiger partial charge in [-0.2, -0.15) is 5.26 Å². The molecule has 0 aliphatic heterocycles. The van der Waals surface area contributed by atoms with Gasteiger partial charge in [-0.25, -0.2) is 8.78 Å². The zero-order valence-electron chi connectivity index (χ0n) is 12.5. The van der Waals surface area contributed by atoms with Crippen molar-refractivity contribution in [2.24, 2.45) is 0 Å². The molecule has 2 aromatic rings.